The van der Waals surface area contributed by atoms with Gasteiger partial charge in [0.1, 0.15) is 0 Å². The zero-order valence-corrected chi connectivity index (χ0v) is 8.75. The van der Waals surface area contributed by atoms with Crippen molar-refractivity contribution in [1.82, 2.24) is 0 Å². The lowest BCUT2D eigenvalue weighted by Gasteiger charge is -2.40. The van der Waals surface area contributed by atoms with Crippen LogP contribution in [0.2, 0.25) is 0 Å². The van der Waals surface area contributed by atoms with Crippen molar-refractivity contribution in [2.45, 2.75) is 12.5 Å². The lowest BCUT2D eigenvalue weighted by molar-refractivity contribution is -0.0384. The molecule has 0 spiro atoms. The minimum absolute atomic E-state index is 0.305. The van der Waals surface area contributed by atoms with Crippen LogP contribution in [0.5, 0.6) is 0 Å². The zero-order chi connectivity index (χ0) is 10.1. The van der Waals surface area contributed by atoms with Gasteiger partial charge in [0.15, 0.2) is 0 Å². The van der Waals surface area contributed by atoms with Crippen LogP contribution in [-0.4, -0.2) is 12.7 Å². The highest BCUT2D eigenvalue weighted by Crippen LogP contribution is 2.38. The Balaban J connectivity index is 1.88. The molecule has 1 aliphatic heterocycles. The Hall–Kier alpha value is -1.08. The first-order valence-electron chi connectivity index (χ1n) is 5.75. The van der Waals surface area contributed by atoms with Gasteiger partial charge in [-0.15, -0.1) is 0 Å². The average molecular weight is 200 g/mol. The third-order valence-electron chi connectivity index (χ3n) is 3.64. The molecule has 0 aromatic carbocycles. The van der Waals surface area contributed by atoms with E-state index in [1.165, 1.54) is 0 Å². The van der Waals surface area contributed by atoms with E-state index in [2.05, 4.69) is 48.6 Å². The normalized spacial score (nSPS) is 42.1. The molecule has 0 aromatic heterocycles. The fourth-order valence-electron chi connectivity index (χ4n) is 2.81. The van der Waals surface area contributed by atoms with Crippen molar-refractivity contribution in [2.75, 3.05) is 6.61 Å². The van der Waals surface area contributed by atoms with Crippen molar-refractivity contribution >= 4 is 0 Å². The molecule has 3 rings (SSSR count). The number of hydrogen-bond acceptors (Lipinski definition) is 1. The van der Waals surface area contributed by atoms with Crippen molar-refractivity contribution in [3.63, 3.8) is 0 Å². The largest absolute Gasteiger partial charge is 0.373 e. The van der Waals surface area contributed by atoms with Crippen LogP contribution in [0, 0.1) is 17.8 Å². The molecule has 0 amide bonds. The molecule has 2 aliphatic carbocycles. The van der Waals surface area contributed by atoms with Crippen molar-refractivity contribution in [1.29, 1.82) is 0 Å². The molecule has 0 aromatic rings. The Morgan fingerprint density at radius 3 is 2.67 bits per heavy atom. The molecule has 78 valence electrons. The number of ether oxygens (including phenoxy) is 1. The van der Waals surface area contributed by atoms with Crippen molar-refractivity contribution in [3.05, 3.63) is 48.6 Å². The molecule has 1 fully saturated rings. The van der Waals surface area contributed by atoms with E-state index in [-0.39, 0.29) is 0 Å². The van der Waals surface area contributed by atoms with Crippen LogP contribution >= 0.6 is 0 Å². The van der Waals surface area contributed by atoms with Gasteiger partial charge in [-0.3, -0.25) is 0 Å². The fraction of sp³-hybridized carbons (Fsp3) is 0.429. The molecule has 4 unspecified atom stereocenters. The predicted octanol–water partition coefficient (Wildman–Crippen LogP) is 2.88. The Labute approximate surface area is 90.8 Å². The monoisotopic (exact) mass is 200 g/mol. The first-order valence-corrected chi connectivity index (χ1v) is 5.75. The van der Waals surface area contributed by atoms with Crippen LogP contribution in [0.4, 0.5) is 0 Å². The smallest absolute Gasteiger partial charge is 0.0827 e. The summed E-state index contributed by atoms with van der Waals surface area (Å²) in [4.78, 5) is 0. The van der Waals surface area contributed by atoms with E-state index in [1.54, 1.807) is 0 Å². The molecule has 1 saturated heterocycles. The highest BCUT2D eigenvalue weighted by Gasteiger charge is 2.36. The van der Waals surface area contributed by atoms with Gasteiger partial charge in [0.05, 0.1) is 12.7 Å². The summed E-state index contributed by atoms with van der Waals surface area (Å²) in [5.74, 6) is 1.86. The third-order valence-corrected chi connectivity index (χ3v) is 3.64. The highest BCUT2D eigenvalue weighted by molar-refractivity contribution is 5.22. The van der Waals surface area contributed by atoms with Crippen molar-refractivity contribution < 1.29 is 4.74 Å². The first kappa shape index (κ1) is 9.17. The minimum atomic E-state index is 0.305. The molecule has 0 bridgehead atoms. The summed E-state index contributed by atoms with van der Waals surface area (Å²) in [5.41, 5.74) is 0. The van der Waals surface area contributed by atoms with Crippen molar-refractivity contribution in [2.24, 2.45) is 17.8 Å². The second-order valence-corrected chi connectivity index (χ2v) is 4.53. The number of fused-ring (bicyclic) bond motifs is 3. The van der Waals surface area contributed by atoms with Crippen LogP contribution in [0.15, 0.2) is 48.6 Å². The molecule has 3 aliphatic rings. The van der Waals surface area contributed by atoms with Crippen LogP contribution in [0.1, 0.15) is 6.42 Å². The van der Waals surface area contributed by atoms with E-state index in [4.69, 9.17) is 4.74 Å². The zero-order valence-electron chi connectivity index (χ0n) is 8.75. The number of allylic oxidation sites excluding steroid dienone is 6. The maximum Gasteiger partial charge on any atom is 0.0827 e. The summed E-state index contributed by atoms with van der Waals surface area (Å²) in [5, 5.41) is 0. The Morgan fingerprint density at radius 2 is 1.67 bits per heavy atom. The lowest BCUT2D eigenvalue weighted by Crippen LogP contribution is -2.40. The summed E-state index contributed by atoms with van der Waals surface area (Å²) in [6.07, 6.45) is 19.2. The van der Waals surface area contributed by atoms with Crippen molar-refractivity contribution in [3.8, 4) is 0 Å². The number of rotatable bonds is 0. The maximum atomic E-state index is 5.90. The molecular weight excluding hydrogens is 184 g/mol. The second-order valence-electron chi connectivity index (χ2n) is 4.53. The van der Waals surface area contributed by atoms with Gasteiger partial charge in [0.25, 0.3) is 0 Å². The highest BCUT2D eigenvalue weighted by atomic mass is 16.5. The summed E-state index contributed by atoms with van der Waals surface area (Å²) >= 11 is 0. The SMILES string of the molecule is C1=CCC2COC3C=CC=CC3C2C=C1. The Kier molecular flexibility index (Phi) is 2.34. The van der Waals surface area contributed by atoms with Crippen LogP contribution in [0.25, 0.3) is 0 Å². The molecule has 1 heteroatoms. The summed E-state index contributed by atoms with van der Waals surface area (Å²) in [6, 6.07) is 0. The summed E-state index contributed by atoms with van der Waals surface area (Å²) in [6.45, 7) is 0.901. The second kappa shape index (κ2) is 3.82. The Morgan fingerprint density at radius 1 is 0.867 bits per heavy atom. The van der Waals surface area contributed by atoms with Gasteiger partial charge >= 0.3 is 0 Å². The molecule has 0 saturated carbocycles. The van der Waals surface area contributed by atoms with Gasteiger partial charge in [-0.05, 0) is 18.3 Å². The standard InChI is InChI=1S/C14H16O/c1-2-6-11-10-15-14-9-5-4-8-13(14)12(11)7-3-1/h1-5,7-9,11-14H,6,10H2. The van der Waals surface area contributed by atoms with E-state index in [9.17, 15) is 0 Å². The van der Waals surface area contributed by atoms with Crippen LogP contribution in [-0.2, 0) is 4.74 Å². The minimum Gasteiger partial charge on any atom is -0.373 e. The van der Waals surface area contributed by atoms with E-state index in [1.807, 2.05) is 0 Å². The van der Waals surface area contributed by atoms with E-state index >= 15 is 0 Å². The van der Waals surface area contributed by atoms with E-state index in [0.29, 0.717) is 23.9 Å². The van der Waals surface area contributed by atoms with E-state index in [0.717, 1.165) is 13.0 Å². The predicted molar refractivity (Wildman–Crippen MR) is 61.4 cm³/mol. The van der Waals surface area contributed by atoms with Crippen LogP contribution < -0.4 is 0 Å². The molecule has 1 nitrogen and oxygen atoms in total. The van der Waals surface area contributed by atoms with Gasteiger partial charge in [0, 0.05) is 5.92 Å². The first-order chi connectivity index (χ1) is 7.45. The molecule has 0 radical (unpaired) electrons. The average Bonchev–Trinajstić information content (AvgIpc) is 2.54. The Bertz CT molecular complexity index is 348. The summed E-state index contributed by atoms with van der Waals surface area (Å²) < 4.78 is 5.90. The fourth-order valence-corrected chi connectivity index (χ4v) is 2.81. The third kappa shape index (κ3) is 1.61. The maximum absolute atomic E-state index is 5.90. The molecule has 15 heavy (non-hydrogen) atoms. The van der Waals surface area contributed by atoms with Gasteiger partial charge in [-0.2, -0.15) is 0 Å². The summed E-state index contributed by atoms with van der Waals surface area (Å²) in [7, 11) is 0. The van der Waals surface area contributed by atoms with Crippen LogP contribution in [0.3, 0.4) is 0 Å². The van der Waals surface area contributed by atoms with Gasteiger partial charge < -0.3 is 4.74 Å². The van der Waals surface area contributed by atoms with Gasteiger partial charge in [0.2, 0.25) is 0 Å². The molecule has 1 heterocycles. The quantitative estimate of drug-likeness (QED) is 0.584. The van der Waals surface area contributed by atoms with Gasteiger partial charge in [-0.25, -0.2) is 0 Å². The molecule has 0 N–H and O–H groups in total. The van der Waals surface area contributed by atoms with Gasteiger partial charge in [-0.1, -0.05) is 48.6 Å². The lowest BCUT2D eigenvalue weighted by atomic mass is 9.74. The van der Waals surface area contributed by atoms with E-state index < -0.39 is 0 Å². The number of hydrogen-bond donors (Lipinski definition) is 0. The topological polar surface area (TPSA) is 9.23 Å². The molecule has 4 atom stereocenters. The molecular formula is C14H16O.